The molecule has 0 unspecified atom stereocenters. The Morgan fingerprint density at radius 1 is 1.29 bits per heavy atom. The molecule has 0 saturated carbocycles. The summed E-state index contributed by atoms with van der Waals surface area (Å²) in [6.07, 6.45) is 1.46. The highest BCUT2D eigenvalue weighted by Gasteiger charge is 2.07. The second kappa shape index (κ2) is 3.64. The number of fused-ring (bicyclic) bond motifs is 1. The molecule has 1 aromatic heterocycles. The summed E-state index contributed by atoms with van der Waals surface area (Å²) in [6.45, 7) is 0. The van der Waals surface area contributed by atoms with Gasteiger partial charge in [-0.2, -0.15) is 15.5 Å². The molecule has 2 aromatic rings. The van der Waals surface area contributed by atoms with Crippen molar-refractivity contribution in [2.24, 2.45) is 0 Å². The van der Waals surface area contributed by atoms with Crippen molar-refractivity contribution in [2.45, 2.75) is 0 Å². The van der Waals surface area contributed by atoms with Gasteiger partial charge in [-0.25, -0.2) is 0 Å². The zero-order valence-corrected chi connectivity index (χ0v) is 10.0. The van der Waals surface area contributed by atoms with Crippen molar-refractivity contribution >= 4 is 42.8 Å². The zero-order chi connectivity index (χ0) is 10.1. The van der Waals surface area contributed by atoms with E-state index in [-0.39, 0.29) is 0 Å². The van der Waals surface area contributed by atoms with Crippen molar-refractivity contribution in [2.75, 3.05) is 0 Å². The Kier molecular flexibility index (Phi) is 2.48. The van der Waals surface area contributed by atoms with Gasteiger partial charge < -0.3 is 0 Å². The highest BCUT2D eigenvalue weighted by molar-refractivity contribution is 9.11. The third-order valence-electron chi connectivity index (χ3n) is 1.78. The van der Waals surface area contributed by atoms with Crippen LogP contribution in [0.1, 0.15) is 5.56 Å². The molecule has 2 rings (SSSR count). The molecule has 0 N–H and O–H groups in total. The normalized spacial score (nSPS) is 10.1. The van der Waals surface area contributed by atoms with Crippen LogP contribution in [0.5, 0.6) is 0 Å². The maximum atomic E-state index is 8.88. The van der Waals surface area contributed by atoms with Crippen LogP contribution in [-0.2, 0) is 0 Å². The van der Waals surface area contributed by atoms with E-state index >= 15 is 0 Å². The van der Waals surface area contributed by atoms with Gasteiger partial charge in [0.2, 0.25) is 0 Å². The van der Waals surface area contributed by atoms with Crippen LogP contribution in [0.4, 0.5) is 0 Å². The lowest BCUT2D eigenvalue weighted by atomic mass is 10.1. The van der Waals surface area contributed by atoms with Crippen LogP contribution in [0, 0.1) is 11.3 Å². The molecule has 0 radical (unpaired) electrons. The van der Waals surface area contributed by atoms with E-state index in [1.165, 1.54) is 6.20 Å². The number of halogens is 2. The molecule has 1 heterocycles. The van der Waals surface area contributed by atoms with Crippen LogP contribution in [0.2, 0.25) is 0 Å². The minimum absolute atomic E-state index is 0.523. The first-order valence-corrected chi connectivity index (χ1v) is 5.31. The zero-order valence-electron chi connectivity index (χ0n) is 6.83. The molecule has 0 atom stereocenters. The summed E-state index contributed by atoms with van der Waals surface area (Å²) >= 11 is 6.74. The Bertz CT molecular complexity index is 545. The molecule has 1 aromatic carbocycles. The SMILES string of the molecule is N#Cc1cnnc2cc(Br)cc(Br)c12. The number of aromatic nitrogens is 2. The fraction of sp³-hybridized carbons (Fsp3) is 0. The van der Waals surface area contributed by atoms with Gasteiger partial charge in [-0.05, 0) is 12.1 Å². The van der Waals surface area contributed by atoms with Gasteiger partial charge in [0.15, 0.2) is 0 Å². The van der Waals surface area contributed by atoms with E-state index in [0.717, 1.165) is 14.3 Å². The number of hydrogen-bond donors (Lipinski definition) is 0. The second-order valence-electron chi connectivity index (χ2n) is 2.65. The largest absolute Gasteiger partial charge is 0.192 e. The van der Waals surface area contributed by atoms with Crippen molar-refractivity contribution in [3.63, 3.8) is 0 Å². The molecular weight excluding hydrogens is 310 g/mol. The van der Waals surface area contributed by atoms with Crippen molar-refractivity contribution < 1.29 is 0 Å². The molecule has 0 aliphatic rings. The Morgan fingerprint density at radius 2 is 2.07 bits per heavy atom. The van der Waals surface area contributed by atoms with Crippen LogP contribution in [0.15, 0.2) is 27.3 Å². The molecule has 5 heteroatoms. The molecule has 68 valence electrons. The van der Waals surface area contributed by atoms with Crippen molar-refractivity contribution in [1.82, 2.24) is 10.2 Å². The summed E-state index contributed by atoms with van der Waals surface area (Å²) in [7, 11) is 0. The molecule has 0 saturated heterocycles. The fourth-order valence-corrected chi connectivity index (χ4v) is 2.62. The fourth-order valence-electron chi connectivity index (χ4n) is 1.20. The summed E-state index contributed by atoms with van der Waals surface area (Å²) in [5, 5.41) is 17.4. The topological polar surface area (TPSA) is 49.6 Å². The van der Waals surface area contributed by atoms with Crippen molar-refractivity contribution in [1.29, 1.82) is 5.26 Å². The Hall–Kier alpha value is -0.990. The predicted octanol–water partition coefficient (Wildman–Crippen LogP) is 3.03. The predicted molar refractivity (Wildman–Crippen MR) is 59.7 cm³/mol. The van der Waals surface area contributed by atoms with Gasteiger partial charge in [0, 0.05) is 14.3 Å². The first-order valence-electron chi connectivity index (χ1n) is 3.73. The first kappa shape index (κ1) is 9.56. The number of nitrogens with zero attached hydrogens (tertiary/aromatic N) is 3. The quantitative estimate of drug-likeness (QED) is 0.751. The maximum absolute atomic E-state index is 8.88. The van der Waals surface area contributed by atoms with Gasteiger partial charge in [0.25, 0.3) is 0 Å². The van der Waals surface area contributed by atoms with Crippen molar-refractivity contribution in [3.8, 4) is 6.07 Å². The lowest BCUT2D eigenvalue weighted by molar-refractivity contribution is 1.07. The molecule has 3 nitrogen and oxygen atoms in total. The summed E-state index contributed by atoms with van der Waals surface area (Å²) in [5.74, 6) is 0. The summed E-state index contributed by atoms with van der Waals surface area (Å²) in [6, 6.07) is 5.79. The number of rotatable bonds is 0. The van der Waals surface area contributed by atoms with E-state index in [9.17, 15) is 0 Å². The van der Waals surface area contributed by atoms with E-state index in [2.05, 4.69) is 48.1 Å². The summed E-state index contributed by atoms with van der Waals surface area (Å²) in [5.41, 5.74) is 1.22. The van der Waals surface area contributed by atoms with Crippen molar-refractivity contribution in [3.05, 3.63) is 32.8 Å². The number of hydrogen-bond acceptors (Lipinski definition) is 3. The Balaban J connectivity index is 2.96. The number of nitriles is 1. The minimum Gasteiger partial charge on any atom is -0.192 e. The molecular formula is C9H3Br2N3. The van der Waals surface area contributed by atoms with Gasteiger partial charge in [0.05, 0.1) is 17.3 Å². The Labute approximate surface area is 97.0 Å². The van der Waals surface area contributed by atoms with Gasteiger partial charge >= 0.3 is 0 Å². The first-order chi connectivity index (χ1) is 6.72. The van der Waals surface area contributed by atoms with E-state index in [0.29, 0.717) is 11.1 Å². The third-order valence-corrected chi connectivity index (χ3v) is 2.86. The van der Waals surface area contributed by atoms with Gasteiger partial charge in [-0.1, -0.05) is 31.9 Å². The van der Waals surface area contributed by atoms with Gasteiger partial charge in [-0.15, -0.1) is 0 Å². The standard InChI is InChI=1S/C9H3Br2N3/c10-6-1-7(11)9-5(3-12)4-13-14-8(9)2-6/h1-2,4H. The Morgan fingerprint density at radius 3 is 2.79 bits per heavy atom. The average Bonchev–Trinajstić information content (AvgIpc) is 2.16. The molecule has 0 aliphatic heterocycles. The van der Waals surface area contributed by atoms with Crippen LogP contribution in [0.3, 0.4) is 0 Å². The summed E-state index contributed by atoms with van der Waals surface area (Å²) < 4.78 is 1.74. The third kappa shape index (κ3) is 1.51. The van der Waals surface area contributed by atoms with Gasteiger partial charge in [-0.3, -0.25) is 0 Å². The van der Waals surface area contributed by atoms with E-state index < -0.39 is 0 Å². The van der Waals surface area contributed by atoms with E-state index in [1.807, 2.05) is 12.1 Å². The lowest BCUT2D eigenvalue weighted by Crippen LogP contribution is -1.88. The van der Waals surface area contributed by atoms with Crippen LogP contribution >= 0.6 is 31.9 Å². The highest BCUT2D eigenvalue weighted by atomic mass is 79.9. The maximum Gasteiger partial charge on any atom is 0.102 e. The molecule has 0 fully saturated rings. The number of benzene rings is 1. The van der Waals surface area contributed by atoms with E-state index in [1.54, 1.807) is 0 Å². The molecule has 0 bridgehead atoms. The average molecular weight is 313 g/mol. The smallest absolute Gasteiger partial charge is 0.102 e. The molecule has 0 amide bonds. The molecule has 0 aliphatic carbocycles. The van der Waals surface area contributed by atoms with Crippen LogP contribution < -0.4 is 0 Å². The monoisotopic (exact) mass is 311 g/mol. The lowest BCUT2D eigenvalue weighted by Gasteiger charge is -2.01. The van der Waals surface area contributed by atoms with E-state index in [4.69, 9.17) is 5.26 Å². The highest BCUT2D eigenvalue weighted by Crippen LogP contribution is 2.28. The van der Waals surface area contributed by atoms with Gasteiger partial charge in [0.1, 0.15) is 6.07 Å². The molecule has 0 spiro atoms. The minimum atomic E-state index is 0.523. The second-order valence-corrected chi connectivity index (χ2v) is 4.42. The van der Waals surface area contributed by atoms with Crippen LogP contribution in [-0.4, -0.2) is 10.2 Å². The molecule has 14 heavy (non-hydrogen) atoms. The summed E-state index contributed by atoms with van der Waals surface area (Å²) in [4.78, 5) is 0. The van der Waals surface area contributed by atoms with Crippen LogP contribution in [0.25, 0.3) is 10.9 Å².